The first kappa shape index (κ1) is 30.3. The number of thiophene rings is 1. The molecule has 0 N–H and O–H groups in total. The van der Waals surface area contributed by atoms with E-state index < -0.39 is 0 Å². The van der Waals surface area contributed by atoms with E-state index in [1.807, 2.05) is 11.3 Å². The van der Waals surface area contributed by atoms with Crippen LogP contribution in [0.1, 0.15) is 12.8 Å². The van der Waals surface area contributed by atoms with E-state index in [1.165, 1.54) is 91.8 Å². The highest BCUT2D eigenvalue weighted by Gasteiger charge is 2.40. The van der Waals surface area contributed by atoms with Gasteiger partial charge >= 0.3 is 0 Å². The van der Waals surface area contributed by atoms with Gasteiger partial charge < -0.3 is 9.47 Å². The highest BCUT2D eigenvalue weighted by molar-refractivity contribution is 7.25. The zero-order valence-electron chi connectivity index (χ0n) is 29.7. The monoisotopic (exact) mass is 708 g/mol. The molecule has 8 aromatic rings. The number of para-hydroxylation sites is 2. The molecule has 54 heavy (non-hydrogen) atoms. The number of rotatable bonds is 5. The maximum atomic E-state index is 2.58. The van der Waals surface area contributed by atoms with Gasteiger partial charge in [-0.05, 0) is 106 Å². The summed E-state index contributed by atoms with van der Waals surface area (Å²) in [4.78, 5) is 2.58. The van der Waals surface area contributed by atoms with Gasteiger partial charge in [0.15, 0.2) is 0 Å². The normalized spacial score (nSPS) is 18.5. The molecule has 2 aromatic heterocycles. The van der Waals surface area contributed by atoms with Gasteiger partial charge in [0.05, 0.1) is 11.0 Å². The van der Waals surface area contributed by atoms with E-state index in [0.717, 1.165) is 19.4 Å². The van der Waals surface area contributed by atoms with E-state index in [0.29, 0.717) is 11.8 Å². The van der Waals surface area contributed by atoms with Crippen molar-refractivity contribution in [2.24, 2.45) is 11.8 Å². The van der Waals surface area contributed by atoms with Crippen molar-refractivity contribution in [3.63, 3.8) is 0 Å². The molecule has 0 fully saturated rings. The smallest absolute Gasteiger partial charge is 0.0561 e. The molecule has 3 heteroatoms. The maximum absolute atomic E-state index is 2.58. The molecule has 0 spiro atoms. The molecular weight excluding hydrogens is 673 g/mol. The fourth-order valence-corrected chi connectivity index (χ4v) is 11.1. The number of hydrogen-bond acceptors (Lipinski definition) is 2. The van der Waals surface area contributed by atoms with Crippen LogP contribution in [0, 0.1) is 11.8 Å². The number of aromatic nitrogens is 1. The Morgan fingerprint density at radius 3 is 2.28 bits per heavy atom. The van der Waals surface area contributed by atoms with Crippen molar-refractivity contribution >= 4 is 76.3 Å². The first-order valence-corrected chi connectivity index (χ1v) is 20.0. The minimum atomic E-state index is 0.391. The molecule has 2 unspecified atom stereocenters. The van der Waals surface area contributed by atoms with Crippen molar-refractivity contribution in [2.75, 3.05) is 11.4 Å². The fraction of sp³-hybridized carbons (Fsp3) is 0.0980. The van der Waals surface area contributed by atoms with Gasteiger partial charge in [-0.25, -0.2) is 0 Å². The second-order valence-corrected chi connectivity index (χ2v) is 16.2. The zero-order chi connectivity index (χ0) is 35.3. The lowest BCUT2D eigenvalue weighted by Crippen LogP contribution is -2.33. The van der Waals surface area contributed by atoms with Crippen molar-refractivity contribution in [3.8, 4) is 5.69 Å². The summed E-state index contributed by atoms with van der Waals surface area (Å²) < 4.78 is 5.10. The van der Waals surface area contributed by atoms with Crippen LogP contribution in [0.25, 0.3) is 59.3 Å². The number of hydrogen-bond donors (Lipinski definition) is 0. The van der Waals surface area contributed by atoms with Crippen LogP contribution in [0.3, 0.4) is 0 Å². The lowest BCUT2D eigenvalue weighted by Gasteiger charge is -2.30. The summed E-state index contributed by atoms with van der Waals surface area (Å²) in [5, 5.41) is 7.97. The summed E-state index contributed by atoms with van der Waals surface area (Å²) in [5.41, 5.74) is 13.6. The van der Waals surface area contributed by atoms with E-state index in [-0.39, 0.29) is 0 Å². The highest BCUT2D eigenvalue weighted by Crippen LogP contribution is 2.53. The van der Waals surface area contributed by atoms with Crippen LogP contribution < -0.4 is 15.3 Å². The molecule has 4 aliphatic rings. The summed E-state index contributed by atoms with van der Waals surface area (Å²) in [5.74, 6) is 0.837. The highest BCUT2D eigenvalue weighted by atomic mass is 32.1. The second kappa shape index (κ2) is 11.7. The number of benzene rings is 6. The number of allylic oxidation sites excluding steroid dienone is 6. The van der Waals surface area contributed by atoms with Crippen LogP contribution in [0.4, 0.5) is 11.4 Å². The molecule has 0 saturated carbocycles. The number of anilines is 2. The van der Waals surface area contributed by atoms with Crippen LogP contribution in [0.2, 0.25) is 0 Å². The molecule has 12 rings (SSSR count). The molecule has 0 saturated heterocycles. The molecular formula is C51H36N2S. The van der Waals surface area contributed by atoms with Gasteiger partial charge in [0.2, 0.25) is 0 Å². The molecule has 2 heterocycles. The van der Waals surface area contributed by atoms with Crippen molar-refractivity contribution in [1.82, 2.24) is 4.57 Å². The first-order valence-electron chi connectivity index (χ1n) is 19.2. The first-order chi connectivity index (χ1) is 26.8. The van der Waals surface area contributed by atoms with Crippen LogP contribution in [-0.2, 0) is 0 Å². The second-order valence-electron chi connectivity index (χ2n) is 15.1. The van der Waals surface area contributed by atoms with Crippen LogP contribution in [0.5, 0.6) is 0 Å². The van der Waals surface area contributed by atoms with Crippen molar-refractivity contribution in [1.29, 1.82) is 0 Å². The fourth-order valence-electron chi connectivity index (χ4n) is 9.97. The van der Waals surface area contributed by atoms with Crippen molar-refractivity contribution in [2.45, 2.75) is 12.8 Å². The largest absolute Gasteiger partial charge is 0.337 e. The molecule has 2 nitrogen and oxygen atoms in total. The SMILES string of the molecule is C1=CC2=C3C(=c4ccccc4=CC3C1)C1=C(CN(c3ccc4sc5ccccc5c4c3)c3ccc4c5ccccc5n(-c5ccccc5)c4c3)C=CCC21. The molecule has 2 atom stereocenters. The molecule has 0 bridgehead atoms. The third kappa shape index (κ3) is 4.39. The van der Waals surface area contributed by atoms with E-state index in [9.17, 15) is 0 Å². The van der Waals surface area contributed by atoms with Gasteiger partial charge in [-0.15, -0.1) is 11.3 Å². The summed E-state index contributed by atoms with van der Waals surface area (Å²) in [6.07, 6.45) is 14.4. The van der Waals surface area contributed by atoms with Gasteiger partial charge in [0.25, 0.3) is 0 Å². The Morgan fingerprint density at radius 1 is 0.593 bits per heavy atom. The Kier molecular flexibility index (Phi) is 6.55. The maximum Gasteiger partial charge on any atom is 0.0561 e. The number of nitrogens with zero attached hydrogens (tertiary/aromatic N) is 2. The summed E-state index contributed by atoms with van der Waals surface area (Å²) >= 11 is 1.88. The van der Waals surface area contributed by atoms with E-state index >= 15 is 0 Å². The summed E-state index contributed by atoms with van der Waals surface area (Å²) in [6, 6.07) is 51.8. The third-order valence-corrected chi connectivity index (χ3v) is 13.4. The Bertz CT molecular complexity index is 3150. The van der Waals surface area contributed by atoms with Crippen molar-refractivity contribution < 1.29 is 0 Å². The quantitative estimate of drug-likeness (QED) is 0.173. The standard InChI is InChI=1S/C51H36N2S/c1-2-15-35(16-3-1)53-45-22-8-6-18-39(45)40-26-24-37(30-46(40)53)52(36-25-27-48-44(29-36)41-19-7-9-23-47(41)54-48)31-34-14-11-21-43-42-20-10-13-33-28-32-12-4-5-17-38(32)51(49(33)42)50(34)43/h1-12,14-20,22-30,33,43H,13,21,31H2. The van der Waals surface area contributed by atoms with Crippen LogP contribution in [0.15, 0.2) is 186 Å². The molecule has 256 valence electrons. The lowest BCUT2D eigenvalue weighted by molar-refractivity contribution is 0.737. The van der Waals surface area contributed by atoms with E-state index in [2.05, 4.69) is 179 Å². The van der Waals surface area contributed by atoms with Crippen LogP contribution >= 0.6 is 11.3 Å². The molecule has 0 aliphatic heterocycles. The minimum absolute atomic E-state index is 0.391. The average molecular weight is 709 g/mol. The molecule has 0 amide bonds. The Labute approximate surface area is 317 Å². The predicted molar refractivity (Wildman–Crippen MR) is 229 cm³/mol. The van der Waals surface area contributed by atoms with E-state index in [4.69, 9.17) is 0 Å². The van der Waals surface area contributed by atoms with E-state index in [1.54, 1.807) is 5.57 Å². The predicted octanol–water partition coefficient (Wildman–Crippen LogP) is 11.7. The average Bonchev–Trinajstić information content (AvgIpc) is 3.89. The molecule has 4 aliphatic carbocycles. The zero-order valence-corrected chi connectivity index (χ0v) is 30.6. The minimum Gasteiger partial charge on any atom is -0.337 e. The lowest BCUT2D eigenvalue weighted by atomic mass is 9.80. The van der Waals surface area contributed by atoms with Gasteiger partial charge in [-0.3, -0.25) is 0 Å². The number of fused-ring (bicyclic) bond motifs is 10. The molecule has 6 aromatic carbocycles. The summed E-state index contributed by atoms with van der Waals surface area (Å²) in [6.45, 7) is 0.775. The Hall–Kier alpha value is -6.16. The Morgan fingerprint density at radius 2 is 1.33 bits per heavy atom. The topological polar surface area (TPSA) is 8.17 Å². The van der Waals surface area contributed by atoms with Crippen molar-refractivity contribution in [3.05, 3.63) is 197 Å². The van der Waals surface area contributed by atoms with Gasteiger partial charge in [-0.2, -0.15) is 0 Å². The van der Waals surface area contributed by atoms with Crippen LogP contribution in [-0.4, -0.2) is 11.1 Å². The Balaban J connectivity index is 1.11. The molecule has 0 radical (unpaired) electrons. The van der Waals surface area contributed by atoms with Gasteiger partial charge in [0, 0.05) is 66.4 Å². The van der Waals surface area contributed by atoms with Gasteiger partial charge in [0.1, 0.15) is 0 Å². The third-order valence-electron chi connectivity index (χ3n) is 12.3. The summed E-state index contributed by atoms with van der Waals surface area (Å²) in [7, 11) is 0. The van der Waals surface area contributed by atoms with Gasteiger partial charge in [-0.1, -0.05) is 115 Å².